The van der Waals surface area contributed by atoms with E-state index in [4.69, 9.17) is 5.11 Å². The van der Waals surface area contributed by atoms with Gasteiger partial charge in [-0.25, -0.2) is 0 Å². The van der Waals surface area contributed by atoms with E-state index >= 15 is 0 Å². The molecule has 0 spiro atoms. The smallest absolute Gasteiger partial charge is 0.309 e. The summed E-state index contributed by atoms with van der Waals surface area (Å²) in [7, 11) is 0. The fourth-order valence-corrected chi connectivity index (χ4v) is 4.14. The van der Waals surface area contributed by atoms with Gasteiger partial charge in [-0.15, -0.1) is 6.58 Å². The number of carboxylic acid groups (broad SMARTS) is 2. The van der Waals surface area contributed by atoms with Crippen LogP contribution >= 0.6 is 0 Å². The van der Waals surface area contributed by atoms with Crippen molar-refractivity contribution >= 4 is 11.9 Å². The second kappa shape index (κ2) is 18.7. The molecular weight excluding hydrogens is 364 g/mol. The number of unbranched alkanes of at least 4 members (excludes halogenated alkanes) is 2. The molecular formula is C25H47O4. The minimum atomic E-state index is -0.833. The van der Waals surface area contributed by atoms with Crippen LogP contribution in [0.25, 0.3) is 0 Å². The number of carbonyl (C=O) groups is 2. The first kappa shape index (κ1) is 29.9. The fraction of sp³-hybridized carbons (Fsp3) is 0.800. The van der Waals surface area contributed by atoms with Crippen molar-refractivity contribution in [3.63, 3.8) is 0 Å². The Balaban J connectivity index is 0. The lowest BCUT2D eigenvalue weighted by Crippen LogP contribution is -2.36. The molecule has 0 fully saturated rings. The Kier molecular flexibility index (Phi) is 19.3. The molecule has 29 heavy (non-hydrogen) atoms. The molecule has 0 aliphatic carbocycles. The van der Waals surface area contributed by atoms with E-state index in [9.17, 15) is 14.7 Å². The first-order chi connectivity index (χ1) is 13.8. The van der Waals surface area contributed by atoms with E-state index in [-0.39, 0.29) is 6.42 Å². The SMILES string of the molecule is CCCCC(CC)CC(CCCC(=O)O)(CC(CC)CCCC)C(=O)O.[CH2]C=C. The molecule has 0 heterocycles. The molecule has 2 unspecified atom stereocenters. The van der Waals surface area contributed by atoms with Crippen molar-refractivity contribution in [3.05, 3.63) is 19.6 Å². The molecule has 171 valence electrons. The summed E-state index contributed by atoms with van der Waals surface area (Å²) in [5, 5.41) is 19.2. The van der Waals surface area contributed by atoms with Crippen LogP contribution < -0.4 is 0 Å². The molecule has 0 aliphatic heterocycles. The van der Waals surface area contributed by atoms with Gasteiger partial charge in [0.25, 0.3) is 0 Å². The molecule has 0 aromatic carbocycles. The van der Waals surface area contributed by atoms with Crippen molar-refractivity contribution in [1.29, 1.82) is 0 Å². The van der Waals surface area contributed by atoms with Gasteiger partial charge in [0.2, 0.25) is 0 Å². The second-order valence-corrected chi connectivity index (χ2v) is 8.36. The van der Waals surface area contributed by atoms with Crippen molar-refractivity contribution in [1.82, 2.24) is 0 Å². The summed E-state index contributed by atoms with van der Waals surface area (Å²) >= 11 is 0. The molecule has 4 heteroatoms. The van der Waals surface area contributed by atoms with Crippen molar-refractivity contribution in [3.8, 4) is 0 Å². The fourth-order valence-electron chi connectivity index (χ4n) is 4.14. The number of carboxylic acids is 2. The highest BCUT2D eigenvalue weighted by atomic mass is 16.4. The average molecular weight is 412 g/mol. The Morgan fingerprint density at radius 3 is 1.59 bits per heavy atom. The van der Waals surface area contributed by atoms with Crippen LogP contribution in [0.5, 0.6) is 0 Å². The maximum absolute atomic E-state index is 12.4. The summed E-state index contributed by atoms with van der Waals surface area (Å²) in [6.07, 6.45) is 12.6. The summed E-state index contributed by atoms with van der Waals surface area (Å²) in [5.41, 5.74) is -0.766. The van der Waals surface area contributed by atoms with Gasteiger partial charge in [-0.2, -0.15) is 0 Å². The van der Waals surface area contributed by atoms with Crippen molar-refractivity contribution in [2.45, 2.75) is 111 Å². The van der Waals surface area contributed by atoms with Crippen LogP contribution in [0.2, 0.25) is 0 Å². The van der Waals surface area contributed by atoms with Gasteiger partial charge in [-0.3, -0.25) is 9.59 Å². The zero-order valence-corrected chi connectivity index (χ0v) is 19.5. The van der Waals surface area contributed by atoms with E-state index < -0.39 is 17.4 Å². The standard InChI is InChI=1S/C22H42O4.C3H5/c1-5-9-12-18(7-3)16-22(21(25)26,15-11-14-20(23)24)17-19(8-4)13-10-6-2;1-3-2/h18-19H,5-17H2,1-4H3,(H,23,24)(H,25,26);3H,1-2H2. The van der Waals surface area contributed by atoms with E-state index in [1.807, 2.05) is 0 Å². The van der Waals surface area contributed by atoms with E-state index in [0.717, 1.165) is 51.4 Å². The van der Waals surface area contributed by atoms with E-state index in [1.54, 1.807) is 0 Å². The molecule has 0 saturated heterocycles. The summed E-state index contributed by atoms with van der Waals surface area (Å²) in [6.45, 7) is 15.1. The van der Waals surface area contributed by atoms with Crippen LogP contribution in [0.1, 0.15) is 111 Å². The van der Waals surface area contributed by atoms with Gasteiger partial charge in [0, 0.05) is 6.42 Å². The largest absolute Gasteiger partial charge is 0.481 e. The lowest BCUT2D eigenvalue weighted by molar-refractivity contribution is -0.153. The first-order valence-corrected chi connectivity index (χ1v) is 11.6. The highest BCUT2D eigenvalue weighted by molar-refractivity contribution is 5.75. The summed E-state index contributed by atoms with van der Waals surface area (Å²) in [5.74, 6) is -0.716. The molecule has 0 bridgehead atoms. The zero-order chi connectivity index (χ0) is 22.7. The molecule has 0 saturated carbocycles. The van der Waals surface area contributed by atoms with Gasteiger partial charge in [0.15, 0.2) is 0 Å². The van der Waals surface area contributed by atoms with Gasteiger partial charge < -0.3 is 10.2 Å². The lowest BCUT2D eigenvalue weighted by atomic mass is 9.68. The van der Waals surface area contributed by atoms with Crippen LogP contribution in [-0.2, 0) is 9.59 Å². The first-order valence-electron chi connectivity index (χ1n) is 11.6. The number of rotatable bonds is 17. The van der Waals surface area contributed by atoms with Crippen LogP contribution in [0.4, 0.5) is 0 Å². The Morgan fingerprint density at radius 1 is 0.897 bits per heavy atom. The predicted octanol–water partition coefficient (Wildman–Crippen LogP) is 7.53. The second-order valence-electron chi connectivity index (χ2n) is 8.36. The third-order valence-electron chi connectivity index (χ3n) is 5.95. The van der Waals surface area contributed by atoms with Crippen LogP contribution in [0.15, 0.2) is 12.7 Å². The highest BCUT2D eigenvalue weighted by Crippen LogP contribution is 2.42. The number of aliphatic carboxylic acids is 2. The highest BCUT2D eigenvalue weighted by Gasteiger charge is 2.41. The Hall–Kier alpha value is -1.32. The normalized spacial score (nSPS) is 14.8. The minimum Gasteiger partial charge on any atom is -0.481 e. The molecule has 0 aromatic heterocycles. The summed E-state index contributed by atoms with van der Waals surface area (Å²) in [6, 6.07) is 0. The van der Waals surface area contributed by atoms with Crippen molar-refractivity contribution in [2.75, 3.05) is 0 Å². The van der Waals surface area contributed by atoms with E-state index in [0.29, 0.717) is 37.5 Å². The predicted molar refractivity (Wildman–Crippen MR) is 123 cm³/mol. The Morgan fingerprint density at radius 2 is 1.31 bits per heavy atom. The minimum absolute atomic E-state index is 0.0620. The zero-order valence-electron chi connectivity index (χ0n) is 19.5. The van der Waals surface area contributed by atoms with E-state index in [2.05, 4.69) is 41.2 Å². The van der Waals surface area contributed by atoms with Crippen LogP contribution in [0, 0.1) is 24.2 Å². The monoisotopic (exact) mass is 411 g/mol. The Labute approximate surface area is 180 Å². The maximum atomic E-state index is 12.4. The molecule has 0 amide bonds. The van der Waals surface area contributed by atoms with Gasteiger partial charge in [-0.05, 0) is 44.4 Å². The average Bonchev–Trinajstić information content (AvgIpc) is 2.68. The summed E-state index contributed by atoms with van der Waals surface area (Å²) in [4.78, 5) is 23.3. The third-order valence-corrected chi connectivity index (χ3v) is 5.95. The van der Waals surface area contributed by atoms with Crippen LogP contribution in [0.3, 0.4) is 0 Å². The molecule has 0 aliphatic rings. The summed E-state index contributed by atoms with van der Waals surface area (Å²) < 4.78 is 0. The molecule has 0 rings (SSSR count). The third kappa shape index (κ3) is 14.3. The van der Waals surface area contributed by atoms with Gasteiger partial charge in [0.1, 0.15) is 0 Å². The molecule has 1 radical (unpaired) electrons. The number of allylic oxidation sites excluding steroid dienone is 1. The van der Waals surface area contributed by atoms with Crippen molar-refractivity contribution in [2.24, 2.45) is 17.3 Å². The quantitative estimate of drug-likeness (QED) is 0.259. The topological polar surface area (TPSA) is 74.6 Å². The van der Waals surface area contributed by atoms with Gasteiger partial charge >= 0.3 is 11.9 Å². The maximum Gasteiger partial charge on any atom is 0.309 e. The lowest BCUT2D eigenvalue weighted by Gasteiger charge is -2.36. The molecule has 0 aromatic rings. The molecule has 2 atom stereocenters. The van der Waals surface area contributed by atoms with E-state index in [1.165, 1.54) is 6.08 Å². The van der Waals surface area contributed by atoms with Gasteiger partial charge in [0.05, 0.1) is 5.41 Å². The molecule has 4 nitrogen and oxygen atoms in total. The molecule has 2 N–H and O–H groups in total. The number of hydrogen-bond donors (Lipinski definition) is 2. The number of hydrogen-bond acceptors (Lipinski definition) is 2. The van der Waals surface area contributed by atoms with Gasteiger partial charge in [-0.1, -0.05) is 85.1 Å². The van der Waals surface area contributed by atoms with Crippen molar-refractivity contribution < 1.29 is 19.8 Å². The Bertz CT molecular complexity index is 413. The van der Waals surface area contributed by atoms with Crippen LogP contribution in [-0.4, -0.2) is 22.2 Å².